The van der Waals surface area contributed by atoms with Crippen LogP contribution in [0.3, 0.4) is 0 Å². The first-order valence-corrected chi connectivity index (χ1v) is 7.88. The second-order valence-electron chi connectivity index (χ2n) is 5.78. The zero-order valence-corrected chi connectivity index (χ0v) is 13.4. The molecule has 0 heterocycles. The monoisotopic (exact) mass is 306 g/mol. The van der Waals surface area contributed by atoms with Crippen LogP contribution in [0.4, 0.5) is 15.8 Å². The minimum absolute atomic E-state index is 0.0906. The molecule has 22 heavy (non-hydrogen) atoms. The number of amides is 2. The number of nitrogens with zero attached hydrogens (tertiary/aromatic N) is 1. The molecule has 0 spiro atoms. The van der Waals surface area contributed by atoms with E-state index in [-0.39, 0.29) is 23.8 Å². The van der Waals surface area contributed by atoms with Crippen molar-refractivity contribution in [3.8, 4) is 0 Å². The van der Waals surface area contributed by atoms with E-state index < -0.39 is 5.82 Å². The zero-order chi connectivity index (χ0) is 16.3. The maximum Gasteiger partial charge on any atom is 0.227 e. The summed E-state index contributed by atoms with van der Waals surface area (Å²) in [6, 6.07) is 4.33. The van der Waals surface area contributed by atoms with E-state index in [9.17, 15) is 14.0 Å². The molecule has 0 aliphatic heterocycles. The van der Waals surface area contributed by atoms with Gasteiger partial charge in [-0.15, -0.1) is 0 Å². The molecular formula is C17H23FN2O2. The van der Waals surface area contributed by atoms with Gasteiger partial charge >= 0.3 is 0 Å². The van der Waals surface area contributed by atoms with Crippen molar-refractivity contribution >= 4 is 23.2 Å². The standard InChI is InChI=1S/C17H23FN2O2/c1-4-12(5-2)17(22)19-15-10-13(18)6-9-16(15)20(11(3)21)14-7-8-14/h6,9-10,12,14H,4-5,7-8H2,1-3H3,(H,19,22). The molecule has 1 saturated carbocycles. The normalized spacial score (nSPS) is 14.0. The summed E-state index contributed by atoms with van der Waals surface area (Å²) in [6.45, 7) is 5.40. The van der Waals surface area contributed by atoms with Crippen LogP contribution in [0.1, 0.15) is 46.5 Å². The fourth-order valence-electron chi connectivity index (χ4n) is 2.67. The maximum atomic E-state index is 13.6. The van der Waals surface area contributed by atoms with Gasteiger partial charge in [0.05, 0.1) is 11.4 Å². The van der Waals surface area contributed by atoms with Gasteiger partial charge in [-0.1, -0.05) is 13.8 Å². The fraction of sp³-hybridized carbons (Fsp3) is 0.529. The van der Waals surface area contributed by atoms with E-state index in [1.165, 1.54) is 19.1 Å². The van der Waals surface area contributed by atoms with Crippen LogP contribution in [0.15, 0.2) is 18.2 Å². The van der Waals surface area contributed by atoms with Gasteiger partial charge in [-0.3, -0.25) is 9.59 Å². The molecule has 1 aromatic rings. The van der Waals surface area contributed by atoms with Crippen molar-refractivity contribution < 1.29 is 14.0 Å². The van der Waals surface area contributed by atoms with E-state index in [0.29, 0.717) is 11.4 Å². The molecule has 1 aliphatic rings. The Morgan fingerprint density at radius 3 is 2.45 bits per heavy atom. The van der Waals surface area contributed by atoms with Crippen LogP contribution < -0.4 is 10.2 Å². The van der Waals surface area contributed by atoms with Gasteiger partial charge < -0.3 is 10.2 Å². The minimum atomic E-state index is -0.428. The van der Waals surface area contributed by atoms with Crippen LogP contribution >= 0.6 is 0 Å². The Kier molecular flexibility index (Phi) is 5.16. The average molecular weight is 306 g/mol. The topological polar surface area (TPSA) is 49.4 Å². The number of nitrogens with one attached hydrogen (secondary N) is 1. The summed E-state index contributed by atoms with van der Waals surface area (Å²) in [4.78, 5) is 25.8. The van der Waals surface area contributed by atoms with Crippen molar-refractivity contribution in [3.05, 3.63) is 24.0 Å². The Morgan fingerprint density at radius 1 is 1.32 bits per heavy atom. The second-order valence-corrected chi connectivity index (χ2v) is 5.78. The number of rotatable bonds is 6. The van der Waals surface area contributed by atoms with Gasteiger partial charge in [0.2, 0.25) is 11.8 Å². The molecule has 1 aliphatic carbocycles. The van der Waals surface area contributed by atoms with E-state index in [4.69, 9.17) is 0 Å². The fourth-order valence-corrected chi connectivity index (χ4v) is 2.67. The third kappa shape index (κ3) is 3.64. The van der Waals surface area contributed by atoms with Gasteiger partial charge in [-0.25, -0.2) is 4.39 Å². The smallest absolute Gasteiger partial charge is 0.227 e. The van der Waals surface area contributed by atoms with Crippen LogP contribution in [-0.2, 0) is 9.59 Å². The number of anilines is 2. The number of carbonyl (C=O) groups is 2. The molecule has 5 heteroatoms. The highest BCUT2D eigenvalue weighted by Crippen LogP contribution is 2.36. The first-order valence-electron chi connectivity index (χ1n) is 7.88. The molecule has 2 amide bonds. The van der Waals surface area contributed by atoms with E-state index >= 15 is 0 Å². The van der Waals surface area contributed by atoms with E-state index in [1.54, 1.807) is 11.0 Å². The molecule has 4 nitrogen and oxygen atoms in total. The van der Waals surface area contributed by atoms with E-state index in [2.05, 4.69) is 5.32 Å². The highest BCUT2D eigenvalue weighted by atomic mass is 19.1. The third-order valence-corrected chi connectivity index (χ3v) is 4.08. The number of benzene rings is 1. The van der Waals surface area contributed by atoms with E-state index in [1.807, 2.05) is 13.8 Å². The lowest BCUT2D eigenvalue weighted by atomic mass is 10.0. The molecular weight excluding hydrogens is 283 g/mol. The molecule has 0 atom stereocenters. The molecule has 1 N–H and O–H groups in total. The molecule has 1 aromatic carbocycles. The summed E-state index contributed by atoms with van der Waals surface area (Å²) in [5, 5.41) is 2.80. The molecule has 1 fully saturated rings. The molecule has 0 bridgehead atoms. The first kappa shape index (κ1) is 16.5. The van der Waals surface area contributed by atoms with Gasteiger partial charge in [-0.2, -0.15) is 0 Å². The summed E-state index contributed by atoms with van der Waals surface area (Å²) in [5.74, 6) is -0.756. The highest BCUT2D eigenvalue weighted by molar-refractivity contribution is 6.01. The predicted molar refractivity (Wildman–Crippen MR) is 85.3 cm³/mol. The quantitative estimate of drug-likeness (QED) is 0.871. The summed E-state index contributed by atoms with van der Waals surface area (Å²) in [7, 11) is 0. The van der Waals surface area contributed by atoms with Crippen molar-refractivity contribution in [3.63, 3.8) is 0 Å². The lowest BCUT2D eigenvalue weighted by molar-refractivity contribution is -0.120. The Bertz CT molecular complexity index is 566. The second kappa shape index (κ2) is 6.90. The van der Waals surface area contributed by atoms with Crippen LogP contribution in [0.25, 0.3) is 0 Å². The Balaban J connectivity index is 2.31. The van der Waals surface area contributed by atoms with E-state index in [0.717, 1.165) is 25.7 Å². The Hall–Kier alpha value is -1.91. The van der Waals surface area contributed by atoms with Gasteiger partial charge in [0.1, 0.15) is 5.82 Å². The molecule has 0 radical (unpaired) electrons. The molecule has 2 rings (SSSR count). The number of halogens is 1. The van der Waals surface area contributed by atoms with Crippen molar-refractivity contribution in [2.75, 3.05) is 10.2 Å². The van der Waals surface area contributed by atoms with Crippen molar-refractivity contribution in [2.45, 2.75) is 52.5 Å². The summed E-state index contributed by atoms with van der Waals surface area (Å²) in [6.07, 6.45) is 3.34. The van der Waals surface area contributed by atoms with Crippen molar-refractivity contribution in [2.24, 2.45) is 5.92 Å². The van der Waals surface area contributed by atoms with Crippen LogP contribution in [0.5, 0.6) is 0 Å². The van der Waals surface area contributed by atoms with Crippen LogP contribution in [0.2, 0.25) is 0 Å². The SMILES string of the molecule is CCC(CC)C(=O)Nc1cc(F)ccc1N(C(C)=O)C1CC1. The predicted octanol–water partition coefficient (Wildman–Crippen LogP) is 3.72. The van der Waals surface area contributed by atoms with Crippen LogP contribution in [-0.4, -0.2) is 17.9 Å². The molecule has 120 valence electrons. The van der Waals surface area contributed by atoms with Gasteiger partial charge in [0.15, 0.2) is 0 Å². The Labute approximate surface area is 130 Å². The summed E-state index contributed by atoms with van der Waals surface area (Å²) in [5.41, 5.74) is 0.953. The van der Waals surface area contributed by atoms with Gasteiger partial charge in [0, 0.05) is 18.9 Å². The number of carbonyl (C=O) groups excluding carboxylic acids is 2. The summed E-state index contributed by atoms with van der Waals surface area (Å²) < 4.78 is 13.6. The molecule has 0 saturated heterocycles. The number of hydrogen-bond acceptors (Lipinski definition) is 2. The lowest BCUT2D eigenvalue weighted by Gasteiger charge is -2.24. The Morgan fingerprint density at radius 2 is 1.95 bits per heavy atom. The van der Waals surface area contributed by atoms with Crippen molar-refractivity contribution in [1.29, 1.82) is 0 Å². The maximum absolute atomic E-state index is 13.6. The molecule has 0 aromatic heterocycles. The zero-order valence-electron chi connectivity index (χ0n) is 13.4. The number of hydrogen-bond donors (Lipinski definition) is 1. The van der Waals surface area contributed by atoms with Crippen molar-refractivity contribution in [1.82, 2.24) is 0 Å². The average Bonchev–Trinajstić information content (AvgIpc) is 3.27. The lowest BCUT2D eigenvalue weighted by Crippen LogP contribution is -2.32. The van der Waals surface area contributed by atoms with Crippen LogP contribution in [0, 0.1) is 11.7 Å². The third-order valence-electron chi connectivity index (χ3n) is 4.08. The van der Waals surface area contributed by atoms with Gasteiger partial charge in [0.25, 0.3) is 0 Å². The molecule has 0 unspecified atom stereocenters. The first-order chi connectivity index (χ1) is 10.5. The minimum Gasteiger partial charge on any atom is -0.324 e. The highest BCUT2D eigenvalue weighted by Gasteiger charge is 2.33. The van der Waals surface area contributed by atoms with Gasteiger partial charge in [-0.05, 0) is 43.9 Å². The largest absolute Gasteiger partial charge is 0.324 e. The summed E-state index contributed by atoms with van der Waals surface area (Å²) >= 11 is 0.